The molecule has 0 aliphatic carbocycles. The van der Waals surface area contributed by atoms with Crippen molar-refractivity contribution >= 4 is 0 Å². The van der Waals surface area contributed by atoms with Crippen molar-refractivity contribution in [3.63, 3.8) is 0 Å². The van der Waals surface area contributed by atoms with Crippen molar-refractivity contribution in [3.05, 3.63) is 70.9 Å². The van der Waals surface area contributed by atoms with E-state index in [1.54, 1.807) is 18.2 Å². The monoisotopic (exact) mass is 365 g/mol. The summed E-state index contributed by atoms with van der Waals surface area (Å²) in [5.74, 6) is -1.76. The van der Waals surface area contributed by atoms with E-state index < -0.39 is 28.9 Å². The number of aromatic hydroxyl groups is 1. The largest absolute Gasteiger partial charge is 0.499 e. The smallest absolute Gasteiger partial charge is 0.412 e. The van der Waals surface area contributed by atoms with Crippen molar-refractivity contribution in [2.45, 2.75) is 13.1 Å². The summed E-state index contributed by atoms with van der Waals surface area (Å²) in [5.41, 5.74) is -1.59. The van der Waals surface area contributed by atoms with Crippen molar-refractivity contribution in [1.29, 1.82) is 0 Å². The van der Waals surface area contributed by atoms with E-state index in [0.29, 0.717) is 6.08 Å². The highest BCUT2D eigenvalue weighted by atomic mass is 19.4. The van der Waals surface area contributed by atoms with Gasteiger partial charge < -0.3 is 14.8 Å². The SMILES string of the molecule is C=C/C=C(\C=C(/C)C(F)(F)F)Oc1nc(-c2ccccn2)[nH]c(=O)c1O. The molecule has 2 N–H and O–H groups in total. The third-order valence-electron chi connectivity index (χ3n) is 3.07. The molecule has 2 heterocycles. The molecule has 2 aromatic heterocycles. The third-order valence-corrected chi connectivity index (χ3v) is 3.07. The molecular formula is C17H14F3N3O3. The molecule has 6 nitrogen and oxygen atoms in total. The Morgan fingerprint density at radius 3 is 2.69 bits per heavy atom. The lowest BCUT2D eigenvalue weighted by molar-refractivity contribution is -0.0915. The standard InChI is InChI=1S/C17H14F3N3O3/c1-3-6-11(9-10(2)17(18,19)20)26-16-13(24)15(25)22-14(23-16)12-7-4-5-8-21-12/h3-9,24H,1H2,2H3,(H,22,23,25)/b10-9+,11-6+. The predicted molar refractivity (Wildman–Crippen MR) is 88.5 cm³/mol. The zero-order valence-corrected chi connectivity index (χ0v) is 13.5. The molecule has 9 heteroatoms. The van der Waals surface area contributed by atoms with E-state index in [9.17, 15) is 23.1 Å². The molecule has 136 valence electrons. The maximum absolute atomic E-state index is 12.7. The average molecular weight is 365 g/mol. The second-order valence-electron chi connectivity index (χ2n) is 5.02. The summed E-state index contributed by atoms with van der Waals surface area (Å²) in [6, 6.07) is 4.84. The van der Waals surface area contributed by atoms with Gasteiger partial charge in [0.2, 0.25) is 5.75 Å². The number of hydrogen-bond acceptors (Lipinski definition) is 5. The number of aromatic nitrogens is 3. The van der Waals surface area contributed by atoms with Crippen LogP contribution in [0.15, 0.2) is 65.3 Å². The minimum absolute atomic E-state index is 0.0159. The molecule has 0 bridgehead atoms. The molecule has 0 saturated heterocycles. The van der Waals surface area contributed by atoms with Crippen LogP contribution in [-0.2, 0) is 0 Å². The molecule has 0 atom stereocenters. The summed E-state index contributed by atoms with van der Waals surface area (Å²) in [4.78, 5) is 22.1. The lowest BCUT2D eigenvalue weighted by Crippen LogP contribution is -2.13. The van der Waals surface area contributed by atoms with E-state index in [1.807, 2.05) is 0 Å². The first-order chi connectivity index (χ1) is 12.2. The Kier molecular flexibility index (Phi) is 5.61. The molecule has 2 aromatic rings. The molecule has 26 heavy (non-hydrogen) atoms. The molecular weight excluding hydrogens is 351 g/mol. The second kappa shape index (κ2) is 7.68. The first kappa shape index (κ1) is 19.0. The molecule has 0 aliphatic heterocycles. The third kappa shape index (κ3) is 4.59. The maximum Gasteiger partial charge on any atom is 0.412 e. The van der Waals surface area contributed by atoms with E-state index in [0.717, 1.165) is 13.0 Å². The van der Waals surface area contributed by atoms with Gasteiger partial charge >= 0.3 is 6.18 Å². The minimum atomic E-state index is -4.56. The van der Waals surface area contributed by atoms with Gasteiger partial charge in [0.05, 0.1) is 0 Å². The fourth-order valence-corrected chi connectivity index (χ4v) is 1.78. The number of nitrogens with zero attached hydrogens (tertiary/aromatic N) is 2. The van der Waals surface area contributed by atoms with E-state index >= 15 is 0 Å². The lowest BCUT2D eigenvalue weighted by atomic mass is 10.2. The van der Waals surface area contributed by atoms with Gasteiger partial charge in [-0.1, -0.05) is 18.7 Å². The van der Waals surface area contributed by atoms with Crippen LogP contribution in [0.25, 0.3) is 11.5 Å². The summed E-state index contributed by atoms with van der Waals surface area (Å²) in [5, 5.41) is 9.83. The Labute approximate surface area is 146 Å². The number of halogens is 3. The van der Waals surface area contributed by atoms with Gasteiger partial charge in [0.15, 0.2) is 5.82 Å². The van der Waals surface area contributed by atoms with E-state index in [-0.39, 0.29) is 17.3 Å². The van der Waals surface area contributed by atoms with Gasteiger partial charge in [-0.05, 0) is 31.2 Å². The first-order valence-corrected chi connectivity index (χ1v) is 7.23. The summed E-state index contributed by atoms with van der Waals surface area (Å²) < 4.78 is 43.3. The van der Waals surface area contributed by atoms with Crippen molar-refractivity contribution in [2.75, 3.05) is 0 Å². The normalized spacial score (nSPS) is 12.8. The Balaban J connectivity index is 2.47. The van der Waals surface area contributed by atoms with Gasteiger partial charge in [-0.15, -0.1) is 0 Å². The topological polar surface area (TPSA) is 88.1 Å². The fraction of sp³-hybridized carbons (Fsp3) is 0.118. The Hall–Kier alpha value is -3.36. The van der Waals surface area contributed by atoms with Crippen LogP contribution in [-0.4, -0.2) is 26.2 Å². The van der Waals surface area contributed by atoms with E-state index in [2.05, 4.69) is 21.5 Å². The molecule has 2 rings (SSSR count). The van der Waals surface area contributed by atoms with Crippen molar-refractivity contribution < 1.29 is 23.0 Å². The second-order valence-corrected chi connectivity index (χ2v) is 5.02. The Morgan fingerprint density at radius 2 is 2.12 bits per heavy atom. The molecule has 0 saturated carbocycles. The number of pyridine rings is 1. The summed E-state index contributed by atoms with van der Waals surface area (Å²) in [6.45, 7) is 4.24. The molecule has 0 unspecified atom stereocenters. The first-order valence-electron chi connectivity index (χ1n) is 7.23. The van der Waals surface area contributed by atoms with Crippen LogP contribution in [0.3, 0.4) is 0 Å². The highest BCUT2D eigenvalue weighted by Gasteiger charge is 2.30. The molecule has 0 amide bonds. The number of rotatable bonds is 5. The summed E-state index contributed by atoms with van der Waals surface area (Å²) >= 11 is 0. The van der Waals surface area contributed by atoms with Crippen LogP contribution in [0.4, 0.5) is 13.2 Å². The summed E-state index contributed by atoms with van der Waals surface area (Å²) in [6.07, 6.45) is -0.0741. The zero-order valence-electron chi connectivity index (χ0n) is 13.5. The van der Waals surface area contributed by atoms with Crippen LogP contribution in [0.2, 0.25) is 0 Å². The van der Waals surface area contributed by atoms with Gasteiger partial charge in [0.25, 0.3) is 11.4 Å². The van der Waals surface area contributed by atoms with Gasteiger partial charge in [-0.2, -0.15) is 18.2 Å². The van der Waals surface area contributed by atoms with Crippen LogP contribution in [0, 0.1) is 0 Å². The Morgan fingerprint density at radius 1 is 1.38 bits per heavy atom. The minimum Gasteiger partial charge on any atom is -0.499 e. The highest BCUT2D eigenvalue weighted by Crippen LogP contribution is 2.28. The van der Waals surface area contributed by atoms with Crippen molar-refractivity contribution in [2.24, 2.45) is 0 Å². The van der Waals surface area contributed by atoms with Gasteiger partial charge in [-0.25, -0.2) is 0 Å². The van der Waals surface area contributed by atoms with Gasteiger partial charge in [-0.3, -0.25) is 9.78 Å². The number of nitrogens with one attached hydrogen (secondary N) is 1. The summed E-state index contributed by atoms with van der Waals surface area (Å²) in [7, 11) is 0. The predicted octanol–water partition coefficient (Wildman–Crippen LogP) is 3.49. The lowest BCUT2D eigenvalue weighted by Gasteiger charge is -2.11. The highest BCUT2D eigenvalue weighted by molar-refractivity contribution is 5.51. The maximum atomic E-state index is 12.7. The fourth-order valence-electron chi connectivity index (χ4n) is 1.78. The molecule has 0 radical (unpaired) electrons. The van der Waals surface area contributed by atoms with E-state index in [1.165, 1.54) is 12.3 Å². The van der Waals surface area contributed by atoms with Gasteiger partial charge in [0.1, 0.15) is 11.5 Å². The average Bonchev–Trinajstić information content (AvgIpc) is 2.58. The number of aromatic amines is 1. The quantitative estimate of drug-likeness (QED) is 0.625. The van der Waals surface area contributed by atoms with Crippen molar-refractivity contribution in [1.82, 2.24) is 15.0 Å². The molecule has 0 aliphatic rings. The number of hydrogen-bond donors (Lipinski definition) is 2. The van der Waals surface area contributed by atoms with E-state index in [4.69, 9.17) is 4.74 Å². The molecule has 0 aromatic carbocycles. The van der Waals surface area contributed by atoms with Crippen LogP contribution in [0.1, 0.15) is 6.92 Å². The Bertz CT molecular complexity index is 916. The van der Waals surface area contributed by atoms with Crippen molar-refractivity contribution in [3.8, 4) is 23.1 Å². The molecule has 0 spiro atoms. The van der Waals surface area contributed by atoms with Crippen LogP contribution in [0.5, 0.6) is 11.6 Å². The van der Waals surface area contributed by atoms with Crippen LogP contribution >= 0.6 is 0 Å². The number of ether oxygens (including phenoxy) is 1. The molecule has 0 fully saturated rings. The van der Waals surface area contributed by atoms with Gasteiger partial charge in [0, 0.05) is 11.8 Å². The number of allylic oxidation sites excluding steroid dienone is 4. The zero-order chi connectivity index (χ0) is 19.3. The number of H-pyrrole nitrogens is 1. The number of alkyl halides is 3. The van der Waals surface area contributed by atoms with Crippen LogP contribution < -0.4 is 10.3 Å².